The molecule has 1 amide bonds. The summed E-state index contributed by atoms with van der Waals surface area (Å²) in [6.07, 6.45) is 1.19. The number of hydrogen-bond donors (Lipinski definition) is 2. The van der Waals surface area contributed by atoms with Gasteiger partial charge >= 0.3 is 5.69 Å². The number of aryl methyl sites for hydroxylation is 2. The molecule has 148 valence electrons. The fourth-order valence-electron chi connectivity index (χ4n) is 3.62. The number of H-pyrrole nitrogens is 1. The van der Waals surface area contributed by atoms with Crippen molar-refractivity contribution >= 4 is 16.9 Å². The van der Waals surface area contributed by atoms with Gasteiger partial charge in [0.25, 0.3) is 0 Å². The van der Waals surface area contributed by atoms with Gasteiger partial charge in [-0.05, 0) is 42.9 Å². The number of fused-ring (bicyclic) bond motifs is 1. The molecule has 1 unspecified atom stereocenters. The Bertz CT molecular complexity index is 983. The molecule has 0 saturated carbocycles. The Morgan fingerprint density at radius 1 is 1.11 bits per heavy atom. The van der Waals surface area contributed by atoms with Gasteiger partial charge in [-0.1, -0.05) is 55.8 Å². The lowest BCUT2D eigenvalue weighted by atomic mass is 9.85. The number of carbonyl (C=O) groups excluding carboxylic acids is 1. The normalized spacial score (nSPS) is 12.4. The molecule has 5 heteroatoms. The van der Waals surface area contributed by atoms with Crippen molar-refractivity contribution in [3.63, 3.8) is 0 Å². The van der Waals surface area contributed by atoms with Crippen LogP contribution in [0.25, 0.3) is 11.0 Å². The van der Waals surface area contributed by atoms with Gasteiger partial charge in [0.15, 0.2) is 0 Å². The topological polar surface area (TPSA) is 66.9 Å². The van der Waals surface area contributed by atoms with Crippen molar-refractivity contribution < 1.29 is 4.79 Å². The van der Waals surface area contributed by atoms with Crippen LogP contribution < -0.4 is 11.0 Å². The summed E-state index contributed by atoms with van der Waals surface area (Å²) in [4.78, 5) is 27.4. The number of imidazole rings is 1. The van der Waals surface area contributed by atoms with Crippen molar-refractivity contribution in [1.29, 1.82) is 0 Å². The predicted octanol–water partition coefficient (Wildman–Crippen LogP) is 3.97. The van der Waals surface area contributed by atoms with Crippen LogP contribution in [0.15, 0.2) is 53.3 Å². The summed E-state index contributed by atoms with van der Waals surface area (Å²) in [5.74, 6) is 0.653. The lowest BCUT2D eigenvalue weighted by molar-refractivity contribution is -0.121. The standard InChI is InChI=1S/C23H29N3O2/c1-16(2)19(18-11-9-17(3)10-12-18)15-22(27)24-13-6-14-26-21-8-5-4-7-20(21)25-23(26)28/h4-5,7-12,16,19H,6,13-15H2,1-3H3,(H,24,27)(H,25,28). The third-order valence-corrected chi connectivity index (χ3v) is 5.28. The molecule has 0 aliphatic carbocycles. The van der Waals surface area contributed by atoms with Crippen molar-refractivity contribution in [3.8, 4) is 0 Å². The molecule has 2 aromatic carbocycles. The molecule has 5 nitrogen and oxygen atoms in total. The molecule has 0 aliphatic heterocycles. The van der Waals surface area contributed by atoms with Crippen LogP contribution in [0.4, 0.5) is 0 Å². The quantitative estimate of drug-likeness (QED) is 0.582. The first-order chi connectivity index (χ1) is 13.5. The van der Waals surface area contributed by atoms with E-state index in [0.717, 1.165) is 11.0 Å². The van der Waals surface area contributed by atoms with Gasteiger partial charge < -0.3 is 10.3 Å². The first-order valence-electron chi connectivity index (χ1n) is 9.96. The van der Waals surface area contributed by atoms with E-state index in [1.807, 2.05) is 24.3 Å². The number of nitrogens with zero attached hydrogens (tertiary/aromatic N) is 1. The second-order valence-electron chi connectivity index (χ2n) is 7.77. The lowest BCUT2D eigenvalue weighted by Gasteiger charge is -2.21. The molecule has 1 heterocycles. The fourth-order valence-corrected chi connectivity index (χ4v) is 3.62. The van der Waals surface area contributed by atoms with Crippen molar-refractivity contribution in [2.24, 2.45) is 5.92 Å². The molecule has 1 aromatic heterocycles. The van der Waals surface area contributed by atoms with E-state index < -0.39 is 0 Å². The Morgan fingerprint density at radius 3 is 2.54 bits per heavy atom. The number of carbonyl (C=O) groups is 1. The smallest absolute Gasteiger partial charge is 0.326 e. The average molecular weight is 380 g/mol. The number of aromatic amines is 1. The Hall–Kier alpha value is -2.82. The SMILES string of the molecule is Cc1ccc(C(CC(=O)NCCCn2c(=O)[nH]c3ccccc32)C(C)C)cc1. The van der Waals surface area contributed by atoms with Crippen LogP contribution in [-0.2, 0) is 11.3 Å². The van der Waals surface area contributed by atoms with E-state index in [1.165, 1.54) is 11.1 Å². The zero-order valence-corrected chi connectivity index (χ0v) is 16.9. The number of rotatable bonds is 8. The first-order valence-corrected chi connectivity index (χ1v) is 9.96. The number of aromatic nitrogens is 2. The Kier molecular flexibility index (Phi) is 6.34. The Balaban J connectivity index is 1.52. The van der Waals surface area contributed by atoms with Crippen LogP contribution in [0.5, 0.6) is 0 Å². The highest BCUT2D eigenvalue weighted by molar-refractivity contribution is 5.77. The van der Waals surface area contributed by atoms with Crippen LogP contribution in [-0.4, -0.2) is 22.0 Å². The summed E-state index contributed by atoms with van der Waals surface area (Å²) in [5.41, 5.74) is 4.07. The summed E-state index contributed by atoms with van der Waals surface area (Å²) < 4.78 is 1.73. The number of hydrogen-bond acceptors (Lipinski definition) is 2. The fraction of sp³-hybridized carbons (Fsp3) is 0.391. The molecule has 0 aliphatic rings. The second-order valence-corrected chi connectivity index (χ2v) is 7.77. The largest absolute Gasteiger partial charge is 0.356 e. The molecule has 0 radical (unpaired) electrons. The van der Waals surface area contributed by atoms with Gasteiger partial charge in [0.05, 0.1) is 11.0 Å². The molecule has 1 atom stereocenters. The average Bonchev–Trinajstić information content (AvgIpc) is 2.99. The molecule has 2 N–H and O–H groups in total. The lowest BCUT2D eigenvalue weighted by Crippen LogP contribution is -2.28. The van der Waals surface area contributed by atoms with Crippen LogP contribution in [0.3, 0.4) is 0 Å². The molecule has 0 spiro atoms. The van der Waals surface area contributed by atoms with Crippen molar-refractivity contribution in [2.45, 2.75) is 46.1 Å². The summed E-state index contributed by atoms with van der Waals surface area (Å²) in [7, 11) is 0. The van der Waals surface area contributed by atoms with Gasteiger partial charge in [-0.3, -0.25) is 9.36 Å². The number of amides is 1. The van der Waals surface area contributed by atoms with Gasteiger partial charge in [-0.25, -0.2) is 4.79 Å². The van der Waals surface area contributed by atoms with Gasteiger partial charge in [0, 0.05) is 19.5 Å². The molecule has 0 saturated heterocycles. The van der Waals surface area contributed by atoms with Crippen LogP contribution in [0, 0.1) is 12.8 Å². The molecule has 0 fully saturated rings. The molecular formula is C23H29N3O2. The van der Waals surface area contributed by atoms with E-state index in [2.05, 4.69) is 55.3 Å². The number of nitrogens with one attached hydrogen (secondary N) is 2. The van der Waals surface area contributed by atoms with Crippen LogP contribution in [0.1, 0.15) is 43.7 Å². The summed E-state index contributed by atoms with van der Waals surface area (Å²) in [6.45, 7) is 7.51. The van der Waals surface area contributed by atoms with E-state index >= 15 is 0 Å². The van der Waals surface area contributed by atoms with E-state index in [0.29, 0.717) is 31.8 Å². The zero-order valence-electron chi connectivity index (χ0n) is 16.9. The predicted molar refractivity (Wildman–Crippen MR) is 114 cm³/mol. The summed E-state index contributed by atoms with van der Waals surface area (Å²) >= 11 is 0. The third kappa shape index (κ3) is 4.71. The molecular weight excluding hydrogens is 350 g/mol. The van der Waals surface area contributed by atoms with Gasteiger partial charge in [0.1, 0.15) is 0 Å². The maximum atomic E-state index is 12.5. The van der Waals surface area contributed by atoms with E-state index in [1.54, 1.807) is 4.57 Å². The maximum absolute atomic E-state index is 12.5. The monoisotopic (exact) mass is 379 g/mol. The zero-order chi connectivity index (χ0) is 20.1. The Labute approximate surface area is 165 Å². The molecule has 3 rings (SSSR count). The summed E-state index contributed by atoms with van der Waals surface area (Å²) in [5, 5.41) is 3.01. The number of para-hydroxylation sites is 2. The van der Waals surface area contributed by atoms with Crippen molar-refractivity contribution in [2.75, 3.05) is 6.54 Å². The minimum absolute atomic E-state index is 0.0607. The molecule has 3 aromatic rings. The van der Waals surface area contributed by atoms with E-state index in [4.69, 9.17) is 0 Å². The Morgan fingerprint density at radius 2 is 1.82 bits per heavy atom. The van der Waals surface area contributed by atoms with Crippen LogP contribution in [0.2, 0.25) is 0 Å². The first kappa shape index (κ1) is 19.9. The minimum atomic E-state index is -0.105. The van der Waals surface area contributed by atoms with Gasteiger partial charge in [-0.15, -0.1) is 0 Å². The number of benzene rings is 2. The molecule has 28 heavy (non-hydrogen) atoms. The highest BCUT2D eigenvalue weighted by Gasteiger charge is 2.19. The van der Waals surface area contributed by atoms with Gasteiger partial charge in [0.2, 0.25) is 5.91 Å². The summed E-state index contributed by atoms with van der Waals surface area (Å²) in [6, 6.07) is 16.1. The minimum Gasteiger partial charge on any atom is -0.356 e. The highest BCUT2D eigenvalue weighted by atomic mass is 16.2. The van der Waals surface area contributed by atoms with E-state index in [9.17, 15) is 9.59 Å². The molecule has 0 bridgehead atoms. The second kappa shape index (κ2) is 8.91. The maximum Gasteiger partial charge on any atom is 0.326 e. The van der Waals surface area contributed by atoms with Crippen molar-refractivity contribution in [3.05, 3.63) is 70.1 Å². The van der Waals surface area contributed by atoms with E-state index in [-0.39, 0.29) is 17.5 Å². The van der Waals surface area contributed by atoms with Gasteiger partial charge in [-0.2, -0.15) is 0 Å². The highest BCUT2D eigenvalue weighted by Crippen LogP contribution is 2.28. The van der Waals surface area contributed by atoms with Crippen LogP contribution >= 0.6 is 0 Å². The van der Waals surface area contributed by atoms with Crippen molar-refractivity contribution in [1.82, 2.24) is 14.9 Å². The third-order valence-electron chi connectivity index (χ3n) is 5.28.